The van der Waals surface area contributed by atoms with Gasteiger partial charge in [-0.3, -0.25) is 9.69 Å². The Labute approximate surface area is 128 Å². The third-order valence-corrected chi connectivity index (χ3v) is 5.37. The summed E-state index contributed by atoms with van der Waals surface area (Å²) >= 11 is 13.2. The first kappa shape index (κ1) is 15.3. The first-order chi connectivity index (χ1) is 8.97. The van der Waals surface area contributed by atoms with Crippen molar-refractivity contribution in [2.75, 3.05) is 13.6 Å². The molecule has 0 spiro atoms. The van der Waals surface area contributed by atoms with Crippen LogP contribution in [-0.2, 0) is 0 Å². The van der Waals surface area contributed by atoms with Crippen LogP contribution in [-0.4, -0.2) is 30.3 Å². The van der Waals surface area contributed by atoms with E-state index in [2.05, 4.69) is 11.8 Å². The van der Waals surface area contributed by atoms with Gasteiger partial charge < -0.3 is 0 Å². The number of halogens is 2. The fourth-order valence-corrected chi connectivity index (χ4v) is 4.27. The molecule has 1 aliphatic carbocycles. The SMILES string of the molecule is CC1CCCC(N(C)CC(=O)c2cc(Cl)sc2Cl)C1. The number of carbonyl (C=O) groups is 1. The molecule has 0 aliphatic heterocycles. The number of hydrogen-bond acceptors (Lipinski definition) is 3. The van der Waals surface area contributed by atoms with E-state index in [0.29, 0.717) is 26.8 Å². The Hall–Kier alpha value is -0.0900. The van der Waals surface area contributed by atoms with Gasteiger partial charge >= 0.3 is 0 Å². The molecule has 0 radical (unpaired) electrons. The zero-order valence-electron chi connectivity index (χ0n) is 11.3. The van der Waals surface area contributed by atoms with Crippen molar-refractivity contribution in [3.05, 3.63) is 20.3 Å². The van der Waals surface area contributed by atoms with E-state index in [4.69, 9.17) is 23.2 Å². The Bertz CT molecular complexity index is 460. The monoisotopic (exact) mass is 319 g/mol. The van der Waals surface area contributed by atoms with Crippen molar-refractivity contribution >= 4 is 40.3 Å². The molecule has 1 aromatic rings. The summed E-state index contributed by atoms with van der Waals surface area (Å²) < 4.78 is 1.07. The van der Waals surface area contributed by atoms with Crippen LogP contribution in [0.15, 0.2) is 6.07 Å². The predicted octanol–water partition coefficient (Wildman–Crippen LogP) is 4.75. The van der Waals surface area contributed by atoms with Crippen molar-refractivity contribution in [3.8, 4) is 0 Å². The molecule has 106 valence electrons. The van der Waals surface area contributed by atoms with Crippen LogP contribution in [0.5, 0.6) is 0 Å². The third-order valence-electron chi connectivity index (χ3n) is 3.88. The normalized spacial score (nSPS) is 23.8. The first-order valence-corrected chi connectivity index (χ1v) is 8.23. The average molecular weight is 320 g/mol. The van der Waals surface area contributed by atoms with Crippen LogP contribution < -0.4 is 0 Å². The number of likely N-dealkylation sites (N-methyl/N-ethyl adjacent to an activating group) is 1. The van der Waals surface area contributed by atoms with E-state index in [1.54, 1.807) is 6.07 Å². The number of carbonyl (C=O) groups excluding carboxylic acids is 1. The van der Waals surface area contributed by atoms with Gasteiger partial charge in [-0.25, -0.2) is 0 Å². The van der Waals surface area contributed by atoms with Crippen molar-refractivity contribution in [2.45, 2.75) is 38.6 Å². The average Bonchev–Trinajstić information content (AvgIpc) is 2.68. The molecule has 2 rings (SSSR count). The van der Waals surface area contributed by atoms with Gasteiger partial charge in [-0.05, 0) is 31.9 Å². The minimum atomic E-state index is 0.0638. The molecule has 2 unspecified atom stereocenters. The number of thiophene rings is 1. The largest absolute Gasteiger partial charge is 0.296 e. The van der Waals surface area contributed by atoms with Crippen molar-refractivity contribution in [1.29, 1.82) is 0 Å². The van der Waals surface area contributed by atoms with Crippen molar-refractivity contribution in [3.63, 3.8) is 0 Å². The van der Waals surface area contributed by atoms with Crippen LogP contribution in [0.4, 0.5) is 0 Å². The second-order valence-corrected chi connectivity index (χ2v) is 7.79. The lowest BCUT2D eigenvalue weighted by molar-refractivity contribution is 0.0883. The third kappa shape index (κ3) is 3.94. The molecule has 0 bridgehead atoms. The molecule has 1 saturated carbocycles. The zero-order valence-corrected chi connectivity index (χ0v) is 13.6. The summed E-state index contributed by atoms with van der Waals surface area (Å²) in [5.41, 5.74) is 0.562. The highest BCUT2D eigenvalue weighted by Gasteiger charge is 2.24. The van der Waals surface area contributed by atoms with Crippen LogP contribution >= 0.6 is 34.5 Å². The zero-order chi connectivity index (χ0) is 14.0. The summed E-state index contributed by atoms with van der Waals surface area (Å²) in [6.07, 6.45) is 4.94. The van der Waals surface area contributed by atoms with Crippen LogP contribution in [0.3, 0.4) is 0 Å². The fourth-order valence-electron chi connectivity index (χ4n) is 2.77. The molecule has 0 aromatic carbocycles. The van der Waals surface area contributed by atoms with Crippen LogP contribution in [0.25, 0.3) is 0 Å². The molecule has 2 nitrogen and oxygen atoms in total. The summed E-state index contributed by atoms with van der Waals surface area (Å²) in [6, 6.07) is 2.19. The Morgan fingerprint density at radius 3 is 2.79 bits per heavy atom. The maximum Gasteiger partial charge on any atom is 0.179 e. The number of hydrogen-bond donors (Lipinski definition) is 0. The van der Waals surface area contributed by atoms with E-state index in [0.717, 1.165) is 5.92 Å². The molecular weight excluding hydrogens is 301 g/mol. The second-order valence-electron chi connectivity index (χ2n) is 5.50. The van der Waals surface area contributed by atoms with E-state index >= 15 is 0 Å². The van der Waals surface area contributed by atoms with E-state index in [1.165, 1.54) is 37.0 Å². The molecule has 0 saturated heterocycles. The summed E-state index contributed by atoms with van der Waals surface area (Å²) in [5.74, 6) is 0.823. The van der Waals surface area contributed by atoms with E-state index < -0.39 is 0 Å². The summed E-state index contributed by atoms with van der Waals surface area (Å²) in [6.45, 7) is 2.71. The maximum absolute atomic E-state index is 12.2. The highest BCUT2D eigenvalue weighted by molar-refractivity contribution is 7.20. The first-order valence-electron chi connectivity index (χ1n) is 6.65. The maximum atomic E-state index is 12.2. The summed E-state index contributed by atoms with van der Waals surface area (Å²) in [4.78, 5) is 14.4. The van der Waals surface area contributed by atoms with Gasteiger partial charge in [0.05, 0.1) is 16.4 Å². The smallest absolute Gasteiger partial charge is 0.179 e. The lowest BCUT2D eigenvalue weighted by Gasteiger charge is -2.33. The van der Waals surface area contributed by atoms with Gasteiger partial charge in [-0.2, -0.15) is 0 Å². The lowest BCUT2D eigenvalue weighted by Crippen LogP contribution is -2.38. The predicted molar refractivity (Wildman–Crippen MR) is 82.7 cm³/mol. The van der Waals surface area contributed by atoms with E-state index in [1.807, 2.05) is 7.05 Å². The summed E-state index contributed by atoms with van der Waals surface area (Å²) in [5, 5.41) is 0. The van der Waals surface area contributed by atoms with E-state index in [-0.39, 0.29) is 5.78 Å². The van der Waals surface area contributed by atoms with Gasteiger partial charge in [0.15, 0.2) is 5.78 Å². The van der Waals surface area contributed by atoms with Gasteiger partial charge in [0.1, 0.15) is 4.34 Å². The number of Topliss-reactive ketones (excluding diaryl/α,β-unsaturated/α-hetero) is 1. The fraction of sp³-hybridized carbons (Fsp3) is 0.643. The molecule has 2 atom stereocenters. The Morgan fingerprint density at radius 2 is 2.21 bits per heavy atom. The van der Waals surface area contributed by atoms with E-state index in [9.17, 15) is 4.79 Å². The molecule has 5 heteroatoms. The van der Waals surface area contributed by atoms with Crippen molar-refractivity contribution in [1.82, 2.24) is 4.90 Å². The van der Waals surface area contributed by atoms with Gasteiger partial charge in [-0.1, -0.05) is 43.0 Å². The Morgan fingerprint density at radius 1 is 1.47 bits per heavy atom. The molecule has 1 aromatic heterocycles. The Kier molecular flexibility index (Phi) is 5.29. The molecule has 1 aliphatic rings. The molecular formula is C14H19Cl2NOS. The van der Waals surface area contributed by atoms with Gasteiger partial charge in [0.25, 0.3) is 0 Å². The van der Waals surface area contributed by atoms with Gasteiger partial charge in [-0.15, -0.1) is 11.3 Å². The van der Waals surface area contributed by atoms with Gasteiger partial charge in [0.2, 0.25) is 0 Å². The second kappa shape index (κ2) is 6.57. The molecule has 0 amide bonds. The number of rotatable bonds is 4. The van der Waals surface area contributed by atoms with Crippen LogP contribution in [0.2, 0.25) is 8.67 Å². The topological polar surface area (TPSA) is 20.3 Å². The Balaban J connectivity index is 1.96. The minimum Gasteiger partial charge on any atom is -0.296 e. The lowest BCUT2D eigenvalue weighted by atomic mass is 9.86. The molecule has 0 N–H and O–H groups in total. The number of ketones is 1. The molecule has 1 heterocycles. The quantitative estimate of drug-likeness (QED) is 0.746. The van der Waals surface area contributed by atoms with Gasteiger partial charge in [0, 0.05) is 6.04 Å². The van der Waals surface area contributed by atoms with Crippen LogP contribution in [0, 0.1) is 5.92 Å². The van der Waals surface area contributed by atoms with Crippen molar-refractivity contribution < 1.29 is 4.79 Å². The standard InChI is InChI=1S/C14H19Cl2NOS/c1-9-4-3-5-10(6-9)17(2)8-12(18)11-7-13(15)19-14(11)16/h7,9-10H,3-6,8H2,1-2H3. The minimum absolute atomic E-state index is 0.0638. The number of nitrogens with zero attached hydrogens (tertiary/aromatic N) is 1. The highest BCUT2D eigenvalue weighted by Crippen LogP contribution is 2.32. The molecule has 19 heavy (non-hydrogen) atoms. The summed E-state index contributed by atoms with van der Waals surface area (Å²) in [7, 11) is 2.03. The van der Waals surface area contributed by atoms with Crippen LogP contribution in [0.1, 0.15) is 43.0 Å². The van der Waals surface area contributed by atoms with Crippen molar-refractivity contribution in [2.24, 2.45) is 5.92 Å². The molecule has 1 fully saturated rings. The highest BCUT2D eigenvalue weighted by atomic mass is 35.5.